The van der Waals surface area contributed by atoms with E-state index >= 15 is 0 Å². The van der Waals surface area contributed by atoms with Crippen molar-refractivity contribution in [1.29, 1.82) is 0 Å². The average Bonchev–Trinajstić information content (AvgIpc) is 3.60. The number of fused-ring (bicyclic) bond motifs is 3. The van der Waals surface area contributed by atoms with E-state index in [4.69, 9.17) is 9.47 Å². The highest BCUT2D eigenvalue weighted by molar-refractivity contribution is 6.08. The second kappa shape index (κ2) is 9.62. The maximum absolute atomic E-state index is 13.6. The molecule has 5 heterocycles. The summed E-state index contributed by atoms with van der Waals surface area (Å²) < 4.78 is 13.8. The largest absolute Gasteiger partial charge is 0.489 e. The number of benzene rings is 1. The molecule has 0 radical (unpaired) electrons. The molecule has 7 rings (SSSR count). The minimum atomic E-state index is -0.231. The van der Waals surface area contributed by atoms with Crippen LogP contribution in [0.1, 0.15) is 36.9 Å². The van der Waals surface area contributed by atoms with Crippen LogP contribution in [0.25, 0.3) is 5.70 Å². The smallest absolute Gasteiger partial charge is 0.271 e. The van der Waals surface area contributed by atoms with Crippen molar-refractivity contribution in [3.63, 3.8) is 0 Å². The van der Waals surface area contributed by atoms with Gasteiger partial charge in [0.2, 0.25) is 0 Å². The van der Waals surface area contributed by atoms with Gasteiger partial charge in [-0.2, -0.15) is 0 Å². The summed E-state index contributed by atoms with van der Waals surface area (Å²) in [5.41, 5.74) is 8.29. The number of amidine groups is 1. The molecule has 2 aromatic rings. The molecule has 1 atom stereocenters. The number of hydrazine groups is 2. The normalized spacial score (nSPS) is 22.8. The summed E-state index contributed by atoms with van der Waals surface area (Å²) in [6, 6.07) is 5.95. The number of para-hydroxylation sites is 1. The van der Waals surface area contributed by atoms with E-state index in [0.29, 0.717) is 56.0 Å². The van der Waals surface area contributed by atoms with Crippen molar-refractivity contribution in [2.45, 2.75) is 31.7 Å². The number of allylic oxidation sites excluding steroid dienone is 2. The quantitative estimate of drug-likeness (QED) is 0.529. The van der Waals surface area contributed by atoms with Gasteiger partial charge >= 0.3 is 0 Å². The number of anilines is 1. The van der Waals surface area contributed by atoms with Crippen LogP contribution in [-0.2, 0) is 9.53 Å². The van der Waals surface area contributed by atoms with Gasteiger partial charge in [0.25, 0.3) is 5.91 Å². The molecular formula is C27H33N9O3. The zero-order valence-corrected chi connectivity index (χ0v) is 22.2. The third-order valence-corrected chi connectivity index (χ3v) is 7.69. The number of nitrogens with zero attached hydrogens (tertiary/aromatic N) is 6. The Morgan fingerprint density at radius 2 is 2.10 bits per heavy atom. The number of rotatable bonds is 5. The highest BCUT2D eigenvalue weighted by Gasteiger charge is 2.32. The molecule has 39 heavy (non-hydrogen) atoms. The van der Waals surface area contributed by atoms with E-state index in [9.17, 15) is 4.79 Å². The van der Waals surface area contributed by atoms with E-state index in [2.05, 4.69) is 48.8 Å². The molecule has 3 N–H and O–H groups in total. The number of hydrogen-bond donors (Lipinski definition) is 3. The van der Waals surface area contributed by atoms with E-state index in [0.717, 1.165) is 35.0 Å². The van der Waals surface area contributed by atoms with Gasteiger partial charge < -0.3 is 29.6 Å². The van der Waals surface area contributed by atoms with E-state index in [-0.39, 0.29) is 11.9 Å². The van der Waals surface area contributed by atoms with E-state index in [1.165, 1.54) is 12.8 Å². The van der Waals surface area contributed by atoms with Crippen LogP contribution < -0.4 is 20.9 Å². The fourth-order valence-corrected chi connectivity index (χ4v) is 5.54. The molecule has 0 unspecified atom stereocenters. The lowest BCUT2D eigenvalue weighted by atomic mass is 10.1. The molecule has 0 bridgehead atoms. The Bertz CT molecular complexity index is 1390. The minimum absolute atomic E-state index is 0.231. The SMILES string of the molecule is C[C@@H]1COCCN1C1=C(n2cnc(C3CC3)c2)C=C(C(=O)Nc2cccc3c2OCCN2NN(C)N=C32)NC1. The molecule has 204 valence electrons. The standard InChI is InChI=1S/C27H33N9O3/c1-17-15-38-10-8-35(17)24-13-28-21(12-23(24)34-14-22(29-16-34)18-6-7-18)27(37)30-20-5-3-4-19-25(20)39-11-9-36-26(19)31-33(2)32-36/h3-5,12,14,16-18,28,32H,6-11,13,15H2,1-2H3,(H,30,37)/t17-/m1/s1. The van der Waals surface area contributed by atoms with Gasteiger partial charge in [-0.15, -0.1) is 10.6 Å². The number of imidazole rings is 1. The molecule has 1 saturated carbocycles. The molecule has 12 heteroatoms. The predicted molar refractivity (Wildman–Crippen MR) is 145 cm³/mol. The molecule has 2 fully saturated rings. The zero-order valence-electron chi connectivity index (χ0n) is 22.2. The Morgan fingerprint density at radius 1 is 1.21 bits per heavy atom. The molecule has 12 nitrogen and oxygen atoms in total. The van der Waals surface area contributed by atoms with Gasteiger partial charge in [0.05, 0.1) is 61.0 Å². The summed E-state index contributed by atoms with van der Waals surface area (Å²) >= 11 is 0. The van der Waals surface area contributed by atoms with E-state index in [1.807, 2.05) is 42.7 Å². The van der Waals surface area contributed by atoms with Crippen molar-refractivity contribution in [2.75, 3.05) is 51.8 Å². The first-order chi connectivity index (χ1) is 19.0. The number of morpholine rings is 1. The summed E-state index contributed by atoms with van der Waals surface area (Å²) in [7, 11) is 1.85. The van der Waals surface area contributed by atoms with Crippen molar-refractivity contribution in [3.05, 3.63) is 59.5 Å². The number of amides is 1. The summed E-state index contributed by atoms with van der Waals surface area (Å²) in [5.74, 6) is 1.70. The van der Waals surface area contributed by atoms with E-state index in [1.54, 1.807) is 5.12 Å². The zero-order chi connectivity index (χ0) is 26.5. The fourth-order valence-electron chi connectivity index (χ4n) is 5.54. The van der Waals surface area contributed by atoms with Crippen molar-refractivity contribution in [2.24, 2.45) is 5.10 Å². The maximum atomic E-state index is 13.6. The van der Waals surface area contributed by atoms with Crippen LogP contribution in [0.4, 0.5) is 5.69 Å². The Balaban J connectivity index is 1.21. The van der Waals surface area contributed by atoms with Crippen LogP contribution in [0, 0.1) is 0 Å². The topological polar surface area (TPSA) is 112 Å². The second-order valence-corrected chi connectivity index (χ2v) is 10.5. The first kappa shape index (κ1) is 24.0. The number of carbonyl (C=O) groups excluding carboxylic acids is 1. The Morgan fingerprint density at radius 3 is 2.95 bits per heavy atom. The van der Waals surface area contributed by atoms with Gasteiger partial charge in [-0.1, -0.05) is 6.07 Å². The summed E-state index contributed by atoms with van der Waals surface area (Å²) in [6.45, 7) is 5.95. The van der Waals surface area contributed by atoms with Gasteiger partial charge in [-0.25, -0.2) is 10.1 Å². The molecule has 0 spiro atoms. The number of ether oxygens (including phenoxy) is 2. The lowest BCUT2D eigenvalue weighted by Gasteiger charge is -2.39. The first-order valence-corrected chi connectivity index (χ1v) is 13.6. The minimum Gasteiger partial charge on any atom is -0.489 e. The number of hydrogen-bond acceptors (Lipinski definition) is 10. The Kier molecular flexibility index (Phi) is 5.93. The van der Waals surface area contributed by atoms with Crippen LogP contribution >= 0.6 is 0 Å². The van der Waals surface area contributed by atoms with E-state index < -0.39 is 0 Å². The predicted octanol–water partition coefficient (Wildman–Crippen LogP) is 1.50. The highest BCUT2D eigenvalue weighted by atomic mass is 16.5. The Labute approximate surface area is 226 Å². The Hall–Kier alpha value is -4.03. The lowest BCUT2D eigenvalue weighted by molar-refractivity contribution is -0.113. The maximum Gasteiger partial charge on any atom is 0.271 e. The van der Waals surface area contributed by atoms with Crippen molar-refractivity contribution in [1.82, 2.24) is 35.4 Å². The van der Waals surface area contributed by atoms with Crippen molar-refractivity contribution in [3.8, 4) is 5.75 Å². The van der Waals surface area contributed by atoms with Gasteiger partial charge in [0.15, 0.2) is 11.6 Å². The van der Waals surface area contributed by atoms with Crippen LogP contribution in [0.3, 0.4) is 0 Å². The first-order valence-electron chi connectivity index (χ1n) is 13.6. The highest BCUT2D eigenvalue weighted by Crippen LogP contribution is 2.39. The number of carbonyl (C=O) groups is 1. The third kappa shape index (κ3) is 4.49. The molecule has 1 aromatic heterocycles. The third-order valence-electron chi connectivity index (χ3n) is 7.69. The molecule has 1 amide bonds. The van der Waals surface area contributed by atoms with Crippen LogP contribution in [-0.4, -0.2) is 88.9 Å². The van der Waals surface area contributed by atoms with Crippen LogP contribution in [0.15, 0.2) is 53.3 Å². The van der Waals surface area contributed by atoms with Gasteiger partial charge in [0.1, 0.15) is 12.3 Å². The number of hydrazone groups is 1. The number of nitrogens with one attached hydrogen (secondary N) is 3. The molecule has 1 aromatic carbocycles. The van der Waals surface area contributed by atoms with Gasteiger partial charge in [-0.05, 0) is 38.0 Å². The van der Waals surface area contributed by atoms with Crippen molar-refractivity contribution >= 4 is 23.1 Å². The second-order valence-electron chi connectivity index (χ2n) is 10.5. The van der Waals surface area contributed by atoms with Crippen LogP contribution in [0.5, 0.6) is 5.75 Å². The fraction of sp³-hybridized carbons (Fsp3) is 0.444. The number of aromatic nitrogens is 2. The molecule has 1 saturated heterocycles. The molecule has 5 aliphatic rings. The summed E-state index contributed by atoms with van der Waals surface area (Å²) in [6.07, 6.45) is 8.29. The van der Waals surface area contributed by atoms with Gasteiger partial charge in [0, 0.05) is 31.7 Å². The molecule has 4 aliphatic heterocycles. The molecule has 1 aliphatic carbocycles. The average molecular weight is 532 g/mol. The lowest BCUT2D eigenvalue weighted by Crippen LogP contribution is -2.46. The summed E-state index contributed by atoms with van der Waals surface area (Å²) in [4.78, 5) is 20.7. The van der Waals surface area contributed by atoms with Gasteiger partial charge in [-0.3, -0.25) is 9.80 Å². The monoisotopic (exact) mass is 531 g/mol. The van der Waals surface area contributed by atoms with Crippen molar-refractivity contribution < 1.29 is 14.3 Å². The van der Waals surface area contributed by atoms with Crippen LogP contribution in [0.2, 0.25) is 0 Å². The summed E-state index contributed by atoms with van der Waals surface area (Å²) in [5, 5.41) is 14.6. The number of dihydropyridines is 1. The molecular weight excluding hydrogens is 498 g/mol.